The standard InChI is InChI=1S/C23H26N2O2S.ClH.H2O/c1-18-8-2-3-9-19(18)17-27-22-12-5-4-11-21(22)23(26)25(14-7-13-24)16-20-10-6-15-28-20;;/h2-6,8-12,15H,7,13-14,16-17,24H2,1H3;1H;1H2. The van der Waals surface area contributed by atoms with E-state index in [9.17, 15) is 4.79 Å². The van der Waals surface area contributed by atoms with E-state index < -0.39 is 0 Å². The zero-order chi connectivity index (χ0) is 19.8. The van der Waals surface area contributed by atoms with Gasteiger partial charge in [-0.3, -0.25) is 4.79 Å². The Kier molecular flexibility index (Phi) is 11.1. The number of carbonyl (C=O) groups is 1. The van der Waals surface area contributed by atoms with Crippen LogP contribution in [0, 0.1) is 6.92 Å². The van der Waals surface area contributed by atoms with Crippen LogP contribution in [-0.2, 0) is 13.2 Å². The van der Waals surface area contributed by atoms with Crippen LogP contribution in [0.3, 0.4) is 0 Å². The van der Waals surface area contributed by atoms with Crippen LogP contribution in [0.4, 0.5) is 0 Å². The Labute approximate surface area is 188 Å². The molecule has 0 aliphatic heterocycles. The first-order chi connectivity index (χ1) is 13.7. The summed E-state index contributed by atoms with van der Waals surface area (Å²) in [5.41, 5.74) is 8.56. The van der Waals surface area contributed by atoms with Crippen molar-refractivity contribution in [2.75, 3.05) is 13.1 Å². The maximum Gasteiger partial charge on any atom is 0.257 e. The van der Waals surface area contributed by atoms with Crippen LogP contribution in [0.2, 0.25) is 0 Å². The fourth-order valence-corrected chi connectivity index (χ4v) is 3.71. The molecular weight excluding hydrogens is 420 g/mol. The summed E-state index contributed by atoms with van der Waals surface area (Å²) in [7, 11) is 0. The third kappa shape index (κ3) is 6.85. The van der Waals surface area contributed by atoms with E-state index in [0.29, 0.717) is 37.6 Å². The minimum atomic E-state index is -0.0257. The highest BCUT2D eigenvalue weighted by Crippen LogP contribution is 2.23. The molecule has 7 heteroatoms. The molecular formula is C23H29ClN2O3S. The Morgan fingerprint density at radius 2 is 1.80 bits per heavy atom. The summed E-state index contributed by atoms with van der Waals surface area (Å²) < 4.78 is 6.05. The number of aryl methyl sites for hydroxylation is 1. The number of para-hydroxylation sites is 1. The number of rotatable bonds is 9. The number of carbonyl (C=O) groups excluding carboxylic acids is 1. The third-order valence-corrected chi connectivity index (χ3v) is 5.47. The lowest BCUT2D eigenvalue weighted by atomic mass is 10.1. The first-order valence-corrected chi connectivity index (χ1v) is 10.3. The van der Waals surface area contributed by atoms with Crippen molar-refractivity contribution in [2.24, 2.45) is 5.73 Å². The zero-order valence-corrected chi connectivity index (χ0v) is 18.7. The Bertz CT molecular complexity index is 903. The van der Waals surface area contributed by atoms with Crippen LogP contribution < -0.4 is 10.5 Å². The minimum Gasteiger partial charge on any atom is -0.488 e. The molecule has 5 nitrogen and oxygen atoms in total. The van der Waals surface area contributed by atoms with Crippen LogP contribution in [0.25, 0.3) is 0 Å². The molecule has 30 heavy (non-hydrogen) atoms. The summed E-state index contributed by atoms with van der Waals surface area (Å²) in [5, 5.41) is 2.03. The number of nitrogens with zero attached hydrogens (tertiary/aromatic N) is 1. The van der Waals surface area contributed by atoms with Crippen molar-refractivity contribution < 1.29 is 15.0 Å². The fourth-order valence-electron chi connectivity index (χ4n) is 2.99. The fraction of sp³-hybridized carbons (Fsp3) is 0.261. The van der Waals surface area contributed by atoms with Crippen LogP contribution in [0.5, 0.6) is 5.75 Å². The second-order valence-corrected chi connectivity index (χ2v) is 7.69. The maximum atomic E-state index is 13.3. The second kappa shape index (κ2) is 13.0. The van der Waals surface area contributed by atoms with Gasteiger partial charge in [0.25, 0.3) is 5.91 Å². The number of nitrogens with two attached hydrogens (primary N) is 1. The summed E-state index contributed by atoms with van der Waals surface area (Å²) in [6, 6.07) is 19.6. The zero-order valence-electron chi connectivity index (χ0n) is 17.0. The molecule has 0 fully saturated rings. The molecule has 0 bridgehead atoms. The predicted molar refractivity (Wildman–Crippen MR) is 126 cm³/mol. The molecule has 1 amide bonds. The van der Waals surface area contributed by atoms with Gasteiger partial charge in [0.1, 0.15) is 12.4 Å². The third-order valence-electron chi connectivity index (χ3n) is 4.61. The molecule has 0 aliphatic rings. The van der Waals surface area contributed by atoms with Crippen LogP contribution >= 0.6 is 23.7 Å². The lowest BCUT2D eigenvalue weighted by Gasteiger charge is -2.23. The van der Waals surface area contributed by atoms with E-state index in [0.717, 1.165) is 16.9 Å². The van der Waals surface area contributed by atoms with Crippen molar-refractivity contribution in [3.8, 4) is 5.75 Å². The molecule has 0 saturated carbocycles. The van der Waals surface area contributed by atoms with Crippen molar-refractivity contribution in [2.45, 2.75) is 26.5 Å². The topological polar surface area (TPSA) is 87.1 Å². The number of halogens is 1. The summed E-state index contributed by atoms with van der Waals surface area (Å²) in [6.45, 7) is 4.26. The van der Waals surface area contributed by atoms with Crippen molar-refractivity contribution in [3.05, 3.63) is 87.6 Å². The smallest absolute Gasteiger partial charge is 0.257 e. The van der Waals surface area contributed by atoms with Crippen molar-refractivity contribution in [3.63, 3.8) is 0 Å². The van der Waals surface area contributed by atoms with Crippen LogP contribution in [-0.4, -0.2) is 29.4 Å². The Hall–Kier alpha value is -2.38. The molecule has 0 spiro atoms. The van der Waals surface area contributed by atoms with Crippen LogP contribution in [0.1, 0.15) is 32.8 Å². The summed E-state index contributed by atoms with van der Waals surface area (Å²) in [5.74, 6) is 0.585. The van der Waals surface area contributed by atoms with Gasteiger partial charge in [-0.2, -0.15) is 0 Å². The SMILES string of the molecule is Cc1ccccc1COc1ccccc1C(=O)N(CCCN)Cc1cccs1.Cl.O. The van der Waals surface area contributed by atoms with E-state index in [4.69, 9.17) is 10.5 Å². The Morgan fingerprint density at radius 3 is 2.50 bits per heavy atom. The van der Waals surface area contributed by atoms with Gasteiger partial charge in [0.2, 0.25) is 0 Å². The first kappa shape index (κ1) is 25.7. The molecule has 0 atom stereocenters. The minimum absolute atomic E-state index is 0. The van der Waals surface area contributed by atoms with Crippen molar-refractivity contribution in [1.82, 2.24) is 4.90 Å². The van der Waals surface area contributed by atoms with E-state index in [-0.39, 0.29) is 23.8 Å². The molecule has 162 valence electrons. The quantitative estimate of drug-likeness (QED) is 0.531. The normalized spacial score (nSPS) is 9.93. The summed E-state index contributed by atoms with van der Waals surface area (Å²) in [4.78, 5) is 16.3. The molecule has 0 aliphatic carbocycles. The van der Waals surface area contributed by atoms with Gasteiger partial charge < -0.3 is 20.8 Å². The number of hydrogen-bond donors (Lipinski definition) is 1. The van der Waals surface area contributed by atoms with Gasteiger partial charge in [0.15, 0.2) is 0 Å². The summed E-state index contributed by atoms with van der Waals surface area (Å²) >= 11 is 1.65. The number of benzene rings is 2. The molecule has 0 radical (unpaired) electrons. The van der Waals surface area contributed by atoms with Gasteiger partial charge in [-0.1, -0.05) is 42.5 Å². The molecule has 2 aromatic carbocycles. The second-order valence-electron chi connectivity index (χ2n) is 6.66. The number of thiophene rings is 1. The number of ether oxygens (including phenoxy) is 1. The number of hydrogen-bond acceptors (Lipinski definition) is 4. The highest BCUT2D eigenvalue weighted by atomic mass is 35.5. The van der Waals surface area contributed by atoms with Gasteiger partial charge in [-0.05, 0) is 54.6 Å². The average molecular weight is 449 g/mol. The van der Waals surface area contributed by atoms with Gasteiger partial charge in [0.05, 0.1) is 12.1 Å². The lowest BCUT2D eigenvalue weighted by Crippen LogP contribution is -2.32. The van der Waals surface area contributed by atoms with E-state index >= 15 is 0 Å². The van der Waals surface area contributed by atoms with E-state index in [2.05, 4.69) is 13.0 Å². The molecule has 0 saturated heterocycles. The molecule has 3 rings (SSSR count). The van der Waals surface area contributed by atoms with Crippen molar-refractivity contribution in [1.29, 1.82) is 0 Å². The van der Waals surface area contributed by atoms with Gasteiger partial charge in [0, 0.05) is 11.4 Å². The van der Waals surface area contributed by atoms with E-state index in [1.54, 1.807) is 11.3 Å². The van der Waals surface area contributed by atoms with Gasteiger partial charge in [-0.25, -0.2) is 0 Å². The largest absolute Gasteiger partial charge is 0.488 e. The first-order valence-electron chi connectivity index (χ1n) is 9.47. The Morgan fingerprint density at radius 1 is 1.07 bits per heavy atom. The Balaban J connectivity index is 0.00000225. The maximum absolute atomic E-state index is 13.3. The molecule has 1 aromatic heterocycles. The van der Waals surface area contributed by atoms with Gasteiger partial charge >= 0.3 is 0 Å². The van der Waals surface area contributed by atoms with E-state index in [1.807, 2.05) is 64.9 Å². The van der Waals surface area contributed by atoms with Crippen molar-refractivity contribution >= 4 is 29.7 Å². The van der Waals surface area contributed by atoms with Crippen LogP contribution in [0.15, 0.2) is 66.0 Å². The lowest BCUT2D eigenvalue weighted by molar-refractivity contribution is 0.0739. The molecule has 1 heterocycles. The van der Waals surface area contributed by atoms with Gasteiger partial charge in [-0.15, -0.1) is 23.7 Å². The molecule has 3 aromatic rings. The monoisotopic (exact) mass is 448 g/mol. The average Bonchev–Trinajstić information content (AvgIpc) is 3.23. The number of amides is 1. The predicted octanol–water partition coefficient (Wildman–Crippen LogP) is 4.22. The molecule has 0 unspecified atom stereocenters. The highest BCUT2D eigenvalue weighted by molar-refractivity contribution is 7.09. The molecule has 4 N–H and O–H groups in total. The highest BCUT2D eigenvalue weighted by Gasteiger charge is 2.20. The van der Waals surface area contributed by atoms with E-state index in [1.165, 1.54) is 5.56 Å². The summed E-state index contributed by atoms with van der Waals surface area (Å²) in [6.07, 6.45) is 0.767.